The Morgan fingerprint density at radius 3 is 2.00 bits per heavy atom. The van der Waals surface area contributed by atoms with Crippen LogP contribution >= 0.6 is 0 Å². The van der Waals surface area contributed by atoms with Crippen LogP contribution in [0.1, 0.15) is 35.3 Å². The Bertz CT molecular complexity index is 716. The normalized spacial score (nSPS) is 10.5. The van der Waals surface area contributed by atoms with E-state index in [1.54, 1.807) is 24.3 Å². The number of hydrogen-bond donors (Lipinski definition) is 2. The van der Waals surface area contributed by atoms with E-state index in [4.69, 9.17) is 0 Å². The van der Waals surface area contributed by atoms with Crippen molar-refractivity contribution in [2.75, 3.05) is 10.6 Å². The van der Waals surface area contributed by atoms with Crippen LogP contribution < -0.4 is 10.6 Å². The molecule has 0 unspecified atom stereocenters. The number of benzene rings is 2. The molecular formula is C19H22N2O2. The fourth-order valence-corrected chi connectivity index (χ4v) is 2.27. The molecule has 0 aromatic heterocycles. The van der Waals surface area contributed by atoms with Gasteiger partial charge in [-0.25, -0.2) is 0 Å². The second-order valence-electron chi connectivity index (χ2n) is 6.06. The lowest BCUT2D eigenvalue weighted by atomic mass is 10.1. The van der Waals surface area contributed by atoms with Crippen molar-refractivity contribution in [2.45, 2.75) is 27.7 Å². The Morgan fingerprint density at radius 2 is 1.43 bits per heavy atom. The summed E-state index contributed by atoms with van der Waals surface area (Å²) in [6.07, 6.45) is 0. The van der Waals surface area contributed by atoms with E-state index in [1.807, 2.05) is 45.9 Å². The lowest BCUT2D eigenvalue weighted by Crippen LogP contribution is -2.18. The van der Waals surface area contributed by atoms with Crippen LogP contribution in [0.15, 0.2) is 42.5 Å². The minimum atomic E-state index is -0.163. The predicted octanol–water partition coefficient (Wildman–Crippen LogP) is 4.15. The van der Waals surface area contributed by atoms with Gasteiger partial charge in [0.1, 0.15) is 0 Å². The molecule has 4 nitrogen and oxygen atoms in total. The van der Waals surface area contributed by atoms with Crippen molar-refractivity contribution in [3.8, 4) is 0 Å². The van der Waals surface area contributed by atoms with Gasteiger partial charge < -0.3 is 10.6 Å². The van der Waals surface area contributed by atoms with Crippen LogP contribution in [0, 0.1) is 19.8 Å². The third-order valence-corrected chi connectivity index (χ3v) is 3.40. The largest absolute Gasteiger partial charge is 0.326 e. The van der Waals surface area contributed by atoms with Gasteiger partial charge in [-0.3, -0.25) is 9.59 Å². The fraction of sp³-hybridized carbons (Fsp3) is 0.263. The molecule has 0 bridgehead atoms. The lowest BCUT2D eigenvalue weighted by Gasteiger charge is -2.11. The average molecular weight is 310 g/mol. The van der Waals surface area contributed by atoms with E-state index in [2.05, 4.69) is 10.6 Å². The molecule has 4 heteroatoms. The Morgan fingerprint density at radius 1 is 0.870 bits per heavy atom. The number of aryl methyl sites for hydroxylation is 2. The Kier molecular flexibility index (Phi) is 5.16. The zero-order valence-corrected chi connectivity index (χ0v) is 13.9. The van der Waals surface area contributed by atoms with Crippen LogP contribution in [-0.4, -0.2) is 11.8 Å². The first-order valence-electron chi connectivity index (χ1n) is 7.66. The van der Waals surface area contributed by atoms with Crippen LogP contribution in [-0.2, 0) is 4.79 Å². The number of amides is 2. The maximum atomic E-state index is 12.4. The van der Waals surface area contributed by atoms with E-state index in [0.29, 0.717) is 16.9 Å². The molecule has 0 saturated heterocycles. The summed E-state index contributed by atoms with van der Waals surface area (Å²) in [7, 11) is 0. The maximum absolute atomic E-state index is 12.4. The molecule has 0 aliphatic carbocycles. The van der Waals surface area contributed by atoms with Crippen molar-refractivity contribution in [2.24, 2.45) is 5.92 Å². The first-order valence-corrected chi connectivity index (χ1v) is 7.66. The molecule has 2 rings (SSSR count). The van der Waals surface area contributed by atoms with Crippen molar-refractivity contribution >= 4 is 23.2 Å². The van der Waals surface area contributed by atoms with Crippen LogP contribution in [0.2, 0.25) is 0 Å². The molecule has 2 N–H and O–H groups in total. The summed E-state index contributed by atoms with van der Waals surface area (Å²) >= 11 is 0. The molecule has 0 radical (unpaired) electrons. The second-order valence-corrected chi connectivity index (χ2v) is 6.06. The quantitative estimate of drug-likeness (QED) is 0.891. The van der Waals surface area contributed by atoms with E-state index in [1.165, 1.54) is 0 Å². The molecule has 0 saturated carbocycles. The molecule has 0 atom stereocenters. The molecule has 2 amide bonds. The molecule has 0 fully saturated rings. The van der Waals surface area contributed by atoms with Crippen molar-refractivity contribution in [1.82, 2.24) is 0 Å². The summed E-state index contributed by atoms with van der Waals surface area (Å²) in [5.41, 5.74) is 4.04. The first-order chi connectivity index (χ1) is 10.8. The number of carbonyl (C=O) groups excluding carboxylic acids is 2. The summed E-state index contributed by atoms with van der Waals surface area (Å²) in [5.74, 6) is -0.310. The first kappa shape index (κ1) is 16.7. The summed E-state index contributed by atoms with van der Waals surface area (Å²) in [6, 6.07) is 12.9. The minimum absolute atomic E-state index is 0.0530. The minimum Gasteiger partial charge on any atom is -0.326 e. The Balaban J connectivity index is 2.13. The van der Waals surface area contributed by atoms with Crippen LogP contribution in [0.3, 0.4) is 0 Å². The number of nitrogens with one attached hydrogen (secondary N) is 2. The summed E-state index contributed by atoms with van der Waals surface area (Å²) in [6.45, 7) is 7.60. The monoisotopic (exact) mass is 310 g/mol. The fourth-order valence-electron chi connectivity index (χ4n) is 2.27. The predicted molar refractivity (Wildman–Crippen MR) is 93.8 cm³/mol. The summed E-state index contributed by atoms with van der Waals surface area (Å²) < 4.78 is 0. The van der Waals surface area contributed by atoms with E-state index in [0.717, 1.165) is 11.1 Å². The maximum Gasteiger partial charge on any atom is 0.255 e. The van der Waals surface area contributed by atoms with E-state index < -0.39 is 0 Å². The van der Waals surface area contributed by atoms with Crippen LogP contribution in [0.4, 0.5) is 11.4 Å². The van der Waals surface area contributed by atoms with Crippen LogP contribution in [0.5, 0.6) is 0 Å². The second kappa shape index (κ2) is 7.09. The Labute approximate surface area is 136 Å². The highest BCUT2D eigenvalue weighted by molar-refractivity contribution is 6.05. The smallest absolute Gasteiger partial charge is 0.255 e. The van der Waals surface area contributed by atoms with Gasteiger partial charge in [0.2, 0.25) is 5.91 Å². The van der Waals surface area contributed by atoms with Crippen molar-refractivity contribution in [1.29, 1.82) is 0 Å². The third-order valence-electron chi connectivity index (χ3n) is 3.40. The van der Waals surface area contributed by atoms with E-state index >= 15 is 0 Å². The number of rotatable bonds is 4. The van der Waals surface area contributed by atoms with Crippen molar-refractivity contribution in [3.05, 3.63) is 59.2 Å². The van der Waals surface area contributed by atoms with E-state index in [-0.39, 0.29) is 17.7 Å². The lowest BCUT2D eigenvalue weighted by molar-refractivity contribution is -0.118. The zero-order valence-electron chi connectivity index (χ0n) is 13.9. The van der Waals surface area contributed by atoms with Gasteiger partial charge in [0.25, 0.3) is 5.91 Å². The van der Waals surface area contributed by atoms with Gasteiger partial charge in [-0.05, 0) is 44.2 Å². The zero-order chi connectivity index (χ0) is 17.0. The standard InChI is InChI=1S/C19H22N2O2/c1-12(2)18(22)20-16-6-5-7-17(11-16)21-19(23)15-9-13(3)8-14(4)10-15/h5-12H,1-4H3,(H,20,22)(H,21,23). The van der Waals surface area contributed by atoms with Crippen molar-refractivity contribution in [3.63, 3.8) is 0 Å². The summed E-state index contributed by atoms with van der Waals surface area (Å²) in [4.78, 5) is 24.1. The van der Waals surface area contributed by atoms with Gasteiger partial charge in [-0.15, -0.1) is 0 Å². The molecule has 0 spiro atoms. The average Bonchev–Trinajstić information content (AvgIpc) is 2.46. The number of carbonyl (C=O) groups is 2. The molecule has 2 aromatic rings. The summed E-state index contributed by atoms with van der Waals surface area (Å²) in [5, 5.41) is 5.69. The van der Waals surface area contributed by atoms with Gasteiger partial charge in [-0.1, -0.05) is 37.1 Å². The van der Waals surface area contributed by atoms with Gasteiger partial charge >= 0.3 is 0 Å². The molecule has 2 aromatic carbocycles. The SMILES string of the molecule is Cc1cc(C)cc(C(=O)Nc2cccc(NC(=O)C(C)C)c2)c1. The van der Waals surface area contributed by atoms with E-state index in [9.17, 15) is 9.59 Å². The van der Waals surface area contributed by atoms with Crippen molar-refractivity contribution < 1.29 is 9.59 Å². The molecule has 0 aliphatic heterocycles. The molecule has 0 heterocycles. The van der Waals surface area contributed by atoms with Gasteiger partial charge in [0.15, 0.2) is 0 Å². The van der Waals surface area contributed by atoms with Gasteiger partial charge in [0.05, 0.1) is 0 Å². The molecule has 23 heavy (non-hydrogen) atoms. The van der Waals surface area contributed by atoms with Gasteiger partial charge in [-0.2, -0.15) is 0 Å². The topological polar surface area (TPSA) is 58.2 Å². The highest BCUT2D eigenvalue weighted by Gasteiger charge is 2.10. The van der Waals surface area contributed by atoms with Crippen LogP contribution in [0.25, 0.3) is 0 Å². The number of anilines is 2. The highest BCUT2D eigenvalue weighted by Crippen LogP contribution is 2.17. The molecular weight excluding hydrogens is 288 g/mol. The molecule has 120 valence electrons. The Hall–Kier alpha value is -2.62. The third kappa shape index (κ3) is 4.68. The highest BCUT2D eigenvalue weighted by atomic mass is 16.2. The number of hydrogen-bond acceptors (Lipinski definition) is 2. The molecule has 0 aliphatic rings. The van der Waals surface area contributed by atoms with Gasteiger partial charge in [0, 0.05) is 22.9 Å².